The van der Waals surface area contributed by atoms with Gasteiger partial charge in [-0.05, 0) is 42.5 Å². The number of ether oxygens (including phenoxy) is 1. The van der Waals surface area contributed by atoms with Gasteiger partial charge in [0.25, 0.3) is 0 Å². The minimum Gasteiger partial charge on any atom is -0.497 e. The molecule has 1 aliphatic carbocycles. The summed E-state index contributed by atoms with van der Waals surface area (Å²) in [4.78, 5) is 15.3. The van der Waals surface area contributed by atoms with Crippen LogP contribution in [0.4, 0.5) is 0 Å². The standard InChI is InChI=1S/C24H29NO3/c1-28-20-12-10-19(11-13-20)23-21-9-5-6-14-24(21,27)15-16-25(23)22(26)17-18-7-3-2-4-8-18/h2-4,7-8,10-13,21,23,27H,5-6,9,14-17H2,1H3. The third-order valence-electron chi connectivity index (χ3n) is 6.54. The second kappa shape index (κ2) is 7.96. The summed E-state index contributed by atoms with van der Waals surface area (Å²) in [5, 5.41) is 11.4. The van der Waals surface area contributed by atoms with Crippen LogP contribution in [0.3, 0.4) is 0 Å². The highest BCUT2D eigenvalue weighted by Gasteiger charge is 2.50. The van der Waals surface area contributed by atoms with Gasteiger partial charge in [0.2, 0.25) is 5.91 Å². The number of aliphatic hydroxyl groups is 1. The zero-order valence-electron chi connectivity index (χ0n) is 16.5. The molecule has 4 nitrogen and oxygen atoms in total. The van der Waals surface area contributed by atoms with Gasteiger partial charge in [-0.1, -0.05) is 55.3 Å². The summed E-state index contributed by atoms with van der Waals surface area (Å²) in [6.45, 7) is 0.607. The van der Waals surface area contributed by atoms with Gasteiger partial charge < -0.3 is 14.7 Å². The molecule has 1 aliphatic heterocycles. The van der Waals surface area contributed by atoms with Gasteiger partial charge in [-0.3, -0.25) is 4.79 Å². The zero-order chi connectivity index (χ0) is 19.6. The predicted molar refractivity (Wildman–Crippen MR) is 109 cm³/mol. The number of piperidine rings is 1. The van der Waals surface area contributed by atoms with Crippen molar-refractivity contribution in [1.29, 1.82) is 0 Å². The molecule has 28 heavy (non-hydrogen) atoms. The van der Waals surface area contributed by atoms with Crippen molar-refractivity contribution in [3.8, 4) is 5.75 Å². The molecule has 1 amide bonds. The van der Waals surface area contributed by atoms with Crippen LogP contribution in [0.25, 0.3) is 0 Å². The average Bonchev–Trinajstić information content (AvgIpc) is 2.73. The largest absolute Gasteiger partial charge is 0.497 e. The van der Waals surface area contributed by atoms with E-state index in [1.54, 1.807) is 7.11 Å². The lowest BCUT2D eigenvalue weighted by atomic mass is 9.66. The van der Waals surface area contributed by atoms with Crippen LogP contribution in [0, 0.1) is 5.92 Å². The van der Waals surface area contributed by atoms with Crippen molar-refractivity contribution in [1.82, 2.24) is 4.90 Å². The maximum atomic E-state index is 13.3. The molecule has 2 aromatic rings. The Morgan fingerprint density at radius 3 is 2.57 bits per heavy atom. The number of methoxy groups -OCH3 is 1. The van der Waals surface area contributed by atoms with Crippen molar-refractivity contribution in [2.24, 2.45) is 5.92 Å². The maximum Gasteiger partial charge on any atom is 0.227 e. The van der Waals surface area contributed by atoms with Crippen molar-refractivity contribution in [2.75, 3.05) is 13.7 Å². The Labute approximate surface area is 167 Å². The van der Waals surface area contributed by atoms with E-state index in [0.29, 0.717) is 19.4 Å². The normalized spacial score (nSPS) is 27.1. The third kappa shape index (κ3) is 3.66. The Kier molecular flexibility index (Phi) is 5.40. The van der Waals surface area contributed by atoms with E-state index in [4.69, 9.17) is 4.74 Å². The van der Waals surface area contributed by atoms with Crippen LogP contribution < -0.4 is 4.74 Å². The third-order valence-corrected chi connectivity index (χ3v) is 6.54. The average molecular weight is 380 g/mol. The molecule has 148 valence electrons. The summed E-state index contributed by atoms with van der Waals surface area (Å²) in [6.07, 6.45) is 5.05. The number of carbonyl (C=O) groups is 1. The zero-order valence-corrected chi connectivity index (χ0v) is 16.5. The van der Waals surface area contributed by atoms with Gasteiger partial charge >= 0.3 is 0 Å². The van der Waals surface area contributed by atoms with Crippen molar-refractivity contribution in [3.63, 3.8) is 0 Å². The van der Waals surface area contributed by atoms with Gasteiger partial charge in [0.1, 0.15) is 5.75 Å². The first-order valence-corrected chi connectivity index (χ1v) is 10.3. The van der Waals surface area contributed by atoms with Gasteiger partial charge in [0.15, 0.2) is 0 Å². The number of hydrogen-bond acceptors (Lipinski definition) is 3. The van der Waals surface area contributed by atoms with E-state index in [1.807, 2.05) is 59.5 Å². The Bertz CT molecular complexity index is 804. The van der Waals surface area contributed by atoms with E-state index in [0.717, 1.165) is 42.6 Å². The second-order valence-electron chi connectivity index (χ2n) is 8.17. The number of hydrogen-bond donors (Lipinski definition) is 1. The molecule has 2 aliphatic rings. The molecule has 1 saturated carbocycles. The molecule has 0 bridgehead atoms. The van der Waals surface area contributed by atoms with Crippen molar-refractivity contribution < 1.29 is 14.6 Å². The van der Waals surface area contributed by atoms with Crippen molar-refractivity contribution >= 4 is 5.91 Å². The second-order valence-corrected chi connectivity index (χ2v) is 8.17. The molecule has 3 atom stereocenters. The molecule has 4 heteroatoms. The Balaban J connectivity index is 1.66. The van der Waals surface area contributed by atoms with Crippen LogP contribution in [-0.4, -0.2) is 35.2 Å². The van der Waals surface area contributed by atoms with Crippen LogP contribution in [0.2, 0.25) is 0 Å². The Hall–Kier alpha value is -2.33. The SMILES string of the molecule is COc1ccc(C2C3CCCCC3(O)CCN2C(=O)Cc2ccccc2)cc1. The van der Waals surface area contributed by atoms with Crippen LogP contribution in [0.15, 0.2) is 54.6 Å². The summed E-state index contributed by atoms with van der Waals surface area (Å²) in [5.74, 6) is 1.03. The van der Waals surface area contributed by atoms with Gasteiger partial charge in [0.05, 0.1) is 25.2 Å². The Morgan fingerprint density at radius 2 is 1.86 bits per heavy atom. The molecule has 3 unspecified atom stereocenters. The number of amides is 1. The highest BCUT2D eigenvalue weighted by molar-refractivity contribution is 5.79. The topological polar surface area (TPSA) is 49.8 Å². The molecule has 2 aromatic carbocycles. The Morgan fingerprint density at radius 1 is 1.11 bits per heavy atom. The first kappa shape index (κ1) is 19.0. The smallest absolute Gasteiger partial charge is 0.227 e. The number of benzene rings is 2. The summed E-state index contributed by atoms with van der Waals surface area (Å²) >= 11 is 0. The molecule has 1 N–H and O–H groups in total. The first-order valence-electron chi connectivity index (χ1n) is 10.3. The van der Waals surface area contributed by atoms with Crippen LogP contribution in [0.5, 0.6) is 5.75 Å². The van der Waals surface area contributed by atoms with Crippen molar-refractivity contribution in [2.45, 2.75) is 50.2 Å². The van der Waals surface area contributed by atoms with Crippen LogP contribution >= 0.6 is 0 Å². The lowest BCUT2D eigenvalue weighted by Gasteiger charge is -2.52. The summed E-state index contributed by atoms with van der Waals surface area (Å²) < 4.78 is 5.31. The van der Waals surface area contributed by atoms with E-state index in [9.17, 15) is 9.90 Å². The summed E-state index contributed by atoms with van der Waals surface area (Å²) in [6, 6.07) is 17.8. The number of nitrogens with zero attached hydrogens (tertiary/aromatic N) is 1. The lowest BCUT2D eigenvalue weighted by molar-refractivity contribution is -0.154. The number of likely N-dealkylation sites (tertiary alicyclic amines) is 1. The molecule has 0 radical (unpaired) electrons. The molecule has 4 rings (SSSR count). The highest BCUT2D eigenvalue weighted by atomic mass is 16.5. The van der Waals surface area contributed by atoms with E-state index in [2.05, 4.69) is 0 Å². The molecular weight excluding hydrogens is 350 g/mol. The minimum atomic E-state index is -0.660. The van der Waals surface area contributed by atoms with Gasteiger partial charge in [-0.15, -0.1) is 0 Å². The monoisotopic (exact) mass is 379 g/mol. The number of fused-ring (bicyclic) bond motifs is 1. The van der Waals surface area contributed by atoms with Gasteiger partial charge in [0, 0.05) is 12.5 Å². The fourth-order valence-electron chi connectivity index (χ4n) is 5.05. The summed E-state index contributed by atoms with van der Waals surface area (Å²) in [5.41, 5.74) is 1.46. The molecular formula is C24H29NO3. The van der Waals surface area contributed by atoms with E-state index in [-0.39, 0.29) is 17.9 Å². The highest BCUT2D eigenvalue weighted by Crippen LogP contribution is 2.49. The minimum absolute atomic E-state index is 0.0823. The van der Waals surface area contributed by atoms with Crippen LogP contribution in [0.1, 0.15) is 49.3 Å². The lowest BCUT2D eigenvalue weighted by Crippen LogP contribution is -2.56. The molecule has 2 fully saturated rings. The van der Waals surface area contributed by atoms with Gasteiger partial charge in [-0.2, -0.15) is 0 Å². The van der Waals surface area contributed by atoms with Crippen LogP contribution in [-0.2, 0) is 11.2 Å². The number of carbonyl (C=O) groups excluding carboxylic acids is 1. The quantitative estimate of drug-likeness (QED) is 0.869. The first-order chi connectivity index (χ1) is 13.6. The molecule has 0 spiro atoms. The number of rotatable bonds is 4. The predicted octanol–water partition coefficient (Wildman–Crippen LogP) is 4.13. The maximum absolute atomic E-state index is 13.3. The van der Waals surface area contributed by atoms with E-state index < -0.39 is 5.60 Å². The fourth-order valence-corrected chi connectivity index (χ4v) is 5.05. The molecule has 0 aromatic heterocycles. The van der Waals surface area contributed by atoms with Crippen molar-refractivity contribution in [3.05, 3.63) is 65.7 Å². The van der Waals surface area contributed by atoms with E-state index >= 15 is 0 Å². The van der Waals surface area contributed by atoms with E-state index in [1.165, 1.54) is 0 Å². The molecule has 1 heterocycles. The van der Waals surface area contributed by atoms with Gasteiger partial charge in [-0.25, -0.2) is 0 Å². The fraction of sp³-hybridized carbons (Fsp3) is 0.458. The summed E-state index contributed by atoms with van der Waals surface area (Å²) in [7, 11) is 1.66. The molecule has 1 saturated heterocycles.